The highest BCUT2D eigenvalue weighted by Crippen LogP contribution is 2.29. The minimum absolute atomic E-state index is 0.0857. The number of benzene rings is 2. The Bertz CT molecular complexity index is 965. The number of nitrogens with zero attached hydrogens (tertiary/aromatic N) is 1. The van der Waals surface area contributed by atoms with Crippen LogP contribution in [-0.2, 0) is 10.0 Å². The summed E-state index contributed by atoms with van der Waals surface area (Å²) >= 11 is 5.77. The van der Waals surface area contributed by atoms with Crippen LogP contribution in [0.2, 0.25) is 5.02 Å². The zero-order valence-electron chi connectivity index (χ0n) is 14.0. The zero-order chi connectivity index (χ0) is 19.6. The van der Waals surface area contributed by atoms with Gasteiger partial charge in [-0.15, -0.1) is 0 Å². The Kier molecular flexibility index (Phi) is 5.84. The van der Waals surface area contributed by atoms with E-state index in [1.807, 2.05) is 0 Å². The Hall–Kier alpha value is -2.23. The SMILES string of the molecule is COc1ccc(NC(=O)c2cc(F)c(F)cc2Cl)cc1S(=O)(=O)N(C)C. The first-order valence-electron chi connectivity index (χ1n) is 7.14. The van der Waals surface area contributed by atoms with Gasteiger partial charge in [-0.05, 0) is 30.3 Å². The van der Waals surface area contributed by atoms with E-state index in [4.69, 9.17) is 16.3 Å². The first-order valence-corrected chi connectivity index (χ1v) is 8.96. The van der Waals surface area contributed by atoms with Crippen molar-refractivity contribution in [2.24, 2.45) is 0 Å². The maximum absolute atomic E-state index is 13.4. The molecule has 2 aromatic rings. The summed E-state index contributed by atoms with van der Waals surface area (Å²) in [4.78, 5) is 12.1. The van der Waals surface area contributed by atoms with Crippen LogP contribution < -0.4 is 10.1 Å². The van der Waals surface area contributed by atoms with E-state index in [0.717, 1.165) is 4.31 Å². The molecule has 0 atom stereocenters. The van der Waals surface area contributed by atoms with Crippen LogP contribution in [0.1, 0.15) is 10.4 Å². The number of hydrogen-bond donors (Lipinski definition) is 1. The van der Waals surface area contributed by atoms with E-state index in [0.29, 0.717) is 12.1 Å². The largest absolute Gasteiger partial charge is 0.495 e. The predicted molar refractivity (Wildman–Crippen MR) is 93.2 cm³/mol. The van der Waals surface area contributed by atoms with Gasteiger partial charge in [-0.3, -0.25) is 4.79 Å². The van der Waals surface area contributed by atoms with E-state index in [1.165, 1.54) is 39.4 Å². The first kappa shape index (κ1) is 20.1. The number of carbonyl (C=O) groups is 1. The summed E-state index contributed by atoms with van der Waals surface area (Å²) in [6, 6.07) is 5.30. The smallest absolute Gasteiger partial charge is 0.257 e. The third kappa shape index (κ3) is 3.95. The Balaban J connectivity index is 2.42. The van der Waals surface area contributed by atoms with Gasteiger partial charge in [-0.2, -0.15) is 0 Å². The number of rotatable bonds is 5. The number of ether oxygens (including phenoxy) is 1. The molecule has 0 fully saturated rings. The van der Waals surface area contributed by atoms with E-state index >= 15 is 0 Å². The molecule has 6 nitrogen and oxygen atoms in total. The Morgan fingerprint density at radius 2 is 1.77 bits per heavy atom. The molecule has 0 heterocycles. The van der Waals surface area contributed by atoms with Gasteiger partial charge < -0.3 is 10.1 Å². The van der Waals surface area contributed by atoms with Crippen molar-refractivity contribution < 1.29 is 26.7 Å². The number of carbonyl (C=O) groups excluding carboxylic acids is 1. The standard InChI is InChI=1S/C16H15ClF2N2O4S/c1-21(2)26(23,24)15-6-9(4-5-14(15)25-3)20-16(22)10-7-12(18)13(19)8-11(10)17/h4-8H,1-3H3,(H,20,22). The lowest BCUT2D eigenvalue weighted by Gasteiger charge is -2.16. The van der Waals surface area contributed by atoms with Gasteiger partial charge in [0.05, 0.1) is 17.7 Å². The topological polar surface area (TPSA) is 75.7 Å². The lowest BCUT2D eigenvalue weighted by Crippen LogP contribution is -2.23. The van der Waals surface area contributed by atoms with Crippen LogP contribution in [0.25, 0.3) is 0 Å². The molecule has 0 aliphatic rings. The number of halogens is 3. The van der Waals surface area contributed by atoms with Crippen LogP contribution in [0.4, 0.5) is 14.5 Å². The van der Waals surface area contributed by atoms with Gasteiger partial charge >= 0.3 is 0 Å². The Morgan fingerprint density at radius 1 is 1.15 bits per heavy atom. The lowest BCUT2D eigenvalue weighted by molar-refractivity contribution is 0.102. The number of methoxy groups -OCH3 is 1. The molecule has 1 amide bonds. The van der Waals surface area contributed by atoms with Crippen LogP contribution in [0.3, 0.4) is 0 Å². The van der Waals surface area contributed by atoms with E-state index in [-0.39, 0.29) is 26.9 Å². The second kappa shape index (κ2) is 7.56. The third-order valence-electron chi connectivity index (χ3n) is 3.43. The summed E-state index contributed by atoms with van der Waals surface area (Å²) < 4.78 is 57.3. The third-order valence-corrected chi connectivity index (χ3v) is 5.58. The summed E-state index contributed by atoms with van der Waals surface area (Å²) in [6.45, 7) is 0. The average molecular weight is 405 g/mol. The molecule has 0 aliphatic carbocycles. The highest BCUT2D eigenvalue weighted by atomic mass is 35.5. The molecule has 0 aromatic heterocycles. The summed E-state index contributed by atoms with van der Waals surface area (Å²) in [5.41, 5.74) is -0.185. The number of hydrogen-bond acceptors (Lipinski definition) is 4. The van der Waals surface area contributed by atoms with Gasteiger partial charge in [0, 0.05) is 19.8 Å². The number of anilines is 1. The monoisotopic (exact) mass is 404 g/mol. The van der Waals surface area contributed by atoms with E-state index in [1.54, 1.807) is 0 Å². The summed E-state index contributed by atoms with van der Waals surface area (Å²) in [7, 11) is 0.164. The van der Waals surface area contributed by atoms with Crippen LogP contribution in [0.15, 0.2) is 35.2 Å². The number of amides is 1. The first-order chi connectivity index (χ1) is 12.1. The molecule has 0 radical (unpaired) electrons. The van der Waals surface area contributed by atoms with Gasteiger partial charge in [0.2, 0.25) is 10.0 Å². The second-order valence-corrected chi connectivity index (χ2v) is 7.88. The molecule has 2 aromatic carbocycles. The van der Waals surface area contributed by atoms with E-state index < -0.39 is 27.6 Å². The molecule has 26 heavy (non-hydrogen) atoms. The molecular weight excluding hydrogens is 390 g/mol. The van der Waals surface area contributed by atoms with Crippen LogP contribution in [-0.4, -0.2) is 39.8 Å². The molecule has 0 spiro atoms. The maximum Gasteiger partial charge on any atom is 0.257 e. The predicted octanol–water partition coefficient (Wildman–Crippen LogP) is 3.13. The fourth-order valence-electron chi connectivity index (χ4n) is 2.05. The van der Waals surface area contributed by atoms with Crippen LogP contribution in [0.5, 0.6) is 5.75 Å². The van der Waals surface area contributed by atoms with Crippen molar-refractivity contribution in [3.8, 4) is 5.75 Å². The molecule has 0 saturated carbocycles. The summed E-state index contributed by atoms with van der Waals surface area (Å²) in [6.07, 6.45) is 0. The maximum atomic E-state index is 13.4. The molecule has 140 valence electrons. The van der Waals surface area contributed by atoms with Crippen molar-refractivity contribution in [2.45, 2.75) is 4.90 Å². The van der Waals surface area contributed by atoms with E-state index in [9.17, 15) is 22.0 Å². The molecule has 0 unspecified atom stereocenters. The minimum atomic E-state index is -3.84. The molecule has 2 rings (SSSR count). The number of sulfonamides is 1. The summed E-state index contributed by atoms with van der Waals surface area (Å²) in [5.74, 6) is -3.16. The molecule has 0 bridgehead atoms. The Labute approximate surface area is 154 Å². The quantitative estimate of drug-likeness (QED) is 0.777. The lowest BCUT2D eigenvalue weighted by atomic mass is 10.2. The second-order valence-electron chi connectivity index (χ2n) is 5.35. The molecule has 10 heteroatoms. The van der Waals surface area contributed by atoms with Gasteiger partial charge in [0.15, 0.2) is 11.6 Å². The fraction of sp³-hybridized carbons (Fsp3) is 0.188. The van der Waals surface area contributed by atoms with Crippen molar-refractivity contribution in [3.63, 3.8) is 0 Å². The van der Waals surface area contributed by atoms with Crippen LogP contribution in [0, 0.1) is 11.6 Å². The molecule has 0 aliphatic heterocycles. The molecule has 0 saturated heterocycles. The number of nitrogens with one attached hydrogen (secondary N) is 1. The van der Waals surface area contributed by atoms with Crippen molar-refractivity contribution in [1.82, 2.24) is 4.31 Å². The Morgan fingerprint density at radius 3 is 2.35 bits per heavy atom. The zero-order valence-corrected chi connectivity index (χ0v) is 15.6. The van der Waals surface area contributed by atoms with Crippen molar-refractivity contribution in [3.05, 3.63) is 52.6 Å². The van der Waals surface area contributed by atoms with Crippen molar-refractivity contribution in [1.29, 1.82) is 0 Å². The highest BCUT2D eigenvalue weighted by Gasteiger charge is 2.23. The van der Waals surface area contributed by atoms with Crippen molar-refractivity contribution in [2.75, 3.05) is 26.5 Å². The fourth-order valence-corrected chi connectivity index (χ4v) is 3.36. The highest BCUT2D eigenvalue weighted by molar-refractivity contribution is 7.89. The van der Waals surface area contributed by atoms with E-state index in [2.05, 4.69) is 5.32 Å². The average Bonchev–Trinajstić information content (AvgIpc) is 2.57. The minimum Gasteiger partial charge on any atom is -0.495 e. The summed E-state index contributed by atoms with van der Waals surface area (Å²) in [5, 5.41) is 2.12. The van der Waals surface area contributed by atoms with Gasteiger partial charge in [0.1, 0.15) is 10.6 Å². The molecule has 1 N–H and O–H groups in total. The van der Waals surface area contributed by atoms with Gasteiger partial charge in [-0.25, -0.2) is 21.5 Å². The van der Waals surface area contributed by atoms with Gasteiger partial charge in [-0.1, -0.05) is 11.6 Å². The van der Waals surface area contributed by atoms with Crippen molar-refractivity contribution >= 4 is 33.2 Å². The molecular formula is C16H15ClF2N2O4S. The normalized spacial score (nSPS) is 11.5. The van der Waals surface area contributed by atoms with Crippen LogP contribution >= 0.6 is 11.6 Å². The van der Waals surface area contributed by atoms with Gasteiger partial charge in [0.25, 0.3) is 5.91 Å².